The summed E-state index contributed by atoms with van der Waals surface area (Å²) in [7, 11) is -1.67. The molecule has 2 heterocycles. The highest BCUT2D eigenvalue weighted by Crippen LogP contribution is 2.51. The van der Waals surface area contributed by atoms with Gasteiger partial charge in [0, 0.05) is 23.2 Å². The monoisotopic (exact) mass is 673 g/mol. The molecule has 1 aromatic heterocycles. The molecule has 2 atom stereocenters. The van der Waals surface area contributed by atoms with Gasteiger partial charge < -0.3 is 8.84 Å². The smallest absolute Gasteiger partial charge is 0.285 e. The number of aromatic nitrogens is 1. The average Bonchev–Trinajstić information content (AvgIpc) is 3.84. The van der Waals surface area contributed by atoms with Gasteiger partial charge in [0.2, 0.25) is 5.89 Å². The van der Waals surface area contributed by atoms with Crippen LogP contribution in [-0.4, -0.2) is 25.5 Å². The fraction of sp³-hybridized carbons (Fsp3) is 0.267. The number of rotatable bonds is 8. The Morgan fingerprint density at radius 3 is 1.94 bits per heavy atom. The van der Waals surface area contributed by atoms with Crippen LogP contribution >= 0.6 is 0 Å². The highest BCUT2D eigenvalue weighted by molar-refractivity contribution is 6.80. The molecule has 0 bridgehead atoms. The first-order valence-electron chi connectivity index (χ1n) is 18.1. The number of likely N-dealkylation sites (tertiary alicyclic amines) is 1. The number of hydrogen-bond acceptors (Lipinski definition) is 4. The van der Waals surface area contributed by atoms with Crippen molar-refractivity contribution >= 4 is 19.4 Å². The summed E-state index contributed by atoms with van der Waals surface area (Å²) in [5.74, 6) is 1.60. The third-order valence-electron chi connectivity index (χ3n) is 10.4. The van der Waals surface area contributed by atoms with Gasteiger partial charge >= 0.3 is 0 Å². The minimum atomic E-state index is -1.67. The van der Waals surface area contributed by atoms with E-state index in [4.69, 9.17) is 13.8 Å². The summed E-state index contributed by atoms with van der Waals surface area (Å²) in [4.78, 5) is 8.01. The molecule has 1 saturated heterocycles. The predicted octanol–water partition coefficient (Wildman–Crippen LogP) is 9.45. The van der Waals surface area contributed by atoms with Gasteiger partial charge in [0.1, 0.15) is 11.4 Å². The van der Waals surface area contributed by atoms with Crippen LogP contribution in [0.4, 0.5) is 0 Å². The maximum Gasteiger partial charge on any atom is 0.285 e. The lowest BCUT2D eigenvalue weighted by Crippen LogP contribution is -2.58. The second kappa shape index (κ2) is 13.6. The van der Waals surface area contributed by atoms with Crippen molar-refractivity contribution in [1.29, 1.82) is 0 Å². The molecule has 0 spiro atoms. The Morgan fingerprint density at radius 2 is 1.32 bits per heavy atom. The molecule has 251 valence electrons. The topological polar surface area (TPSA) is 38.5 Å². The van der Waals surface area contributed by atoms with Gasteiger partial charge in [-0.3, -0.25) is 4.90 Å². The van der Waals surface area contributed by atoms with Crippen LogP contribution in [0.2, 0.25) is 0 Å². The molecule has 0 unspecified atom stereocenters. The molecular formula is C45H45N2O2Si. The molecule has 5 aromatic carbocycles. The van der Waals surface area contributed by atoms with Crippen molar-refractivity contribution in [3.8, 4) is 22.6 Å². The molecule has 0 saturated carbocycles. The number of hydrogen-bond donors (Lipinski definition) is 0. The first-order chi connectivity index (χ1) is 24.4. The Bertz CT molecular complexity index is 1940. The third kappa shape index (κ3) is 6.08. The Kier molecular flexibility index (Phi) is 8.90. The van der Waals surface area contributed by atoms with Crippen LogP contribution in [0.5, 0.6) is 0 Å². The van der Waals surface area contributed by atoms with Crippen molar-refractivity contribution in [2.75, 3.05) is 6.54 Å². The normalized spacial score (nSPS) is 19.5. The number of benzene rings is 5. The lowest BCUT2D eigenvalue weighted by molar-refractivity contribution is -0.118. The molecule has 2 aliphatic rings. The van der Waals surface area contributed by atoms with Crippen LogP contribution in [0.25, 0.3) is 22.6 Å². The molecule has 1 aliphatic carbocycles. The maximum absolute atomic E-state index is 7.95. The molecule has 0 amide bonds. The highest BCUT2D eigenvalue weighted by Gasteiger charge is 2.51. The third-order valence-corrected chi connectivity index (χ3v) is 12.7. The van der Waals surface area contributed by atoms with Crippen molar-refractivity contribution in [1.82, 2.24) is 9.88 Å². The zero-order valence-electron chi connectivity index (χ0n) is 29.3. The molecule has 1 fully saturated rings. The van der Waals surface area contributed by atoms with Gasteiger partial charge in [0.05, 0.1) is 6.04 Å². The van der Waals surface area contributed by atoms with E-state index in [0.29, 0.717) is 0 Å². The molecule has 50 heavy (non-hydrogen) atoms. The minimum absolute atomic E-state index is 0.0171. The van der Waals surface area contributed by atoms with Gasteiger partial charge in [0.25, 0.3) is 9.04 Å². The minimum Gasteiger partial charge on any atom is -0.438 e. The van der Waals surface area contributed by atoms with E-state index in [0.717, 1.165) is 67.1 Å². The molecule has 6 aromatic rings. The van der Waals surface area contributed by atoms with Crippen molar-refractivity contribution in [2.45, 2.75) is 70.1 Å². The second-order valence-electron chi connectivity index (χ2n) is 14.7. The van der Waals surface area contributed by atoms with E-state index in [-0.39, 0.29) is 11.5 Å². The molecule has 1 aliphatic heterocycles. The lowest BCUT2D eigenvalue weighted by Gasteiger charge is -2.50. The van der Waals surface area contributed by atoms with Crippen LogP contribution in [-0.2, 0) is 22.0 Å². The van der Waals surface area contributed by atoms with Crippen LogP contribution < -0.4 is 10.4 Å². The van der Waals surface area contributed by atoms with E-state index in [1.807, 2.05) is 6.07 Å². The summed E-state index contributed by atoms with van der Waals surface area (Å²) in [5.41, 5.74) is 6.54. The highest BCUT2D eigenvalue weighted by atomic mass is 28.3. The molecule has 1 radical (unpaired) electrons. The van der Waals surface area contributed by atoms with Gasteiger partial charge in [-0.05, 0) is 59.0 Å². The predicted molar refractivity (Wildman–Crippen MR) is 205 cm³/mol. The zero-order chi connectivity index (χ0) is 34.1. The Balaban J connectivity index is 1.31. The van der Waals surface area contributed by atoms with Crippen molar-refractivity contribution in [3.05, 3.63) is 162 Å². The van der Waals surface area contributed by atoms with Crippen molar-refractivity contribution < 1.29 is 8.84 Å². The van der Waals surface area contributed by atoms with Crippen LogP contribution in [0.15, 0.2) is 144 Å². The van der Waals surface area contributed by atoms with Gasteiger partial charge in [-0.15, -0.1) is 0 Å². The van der Waals surface area contributed by atoms with Crippen molar-refractivity contribution in [3.63, 3.8) is 0 Å². The first-order valence-corrected chi connectivity index (χ1v) is 19.5. The largest absolute Gasteiger partial charge is 0.438 e. The number of nitrogens with zero attached hydrogens (tertiary/aromatic N) is 2. The average molecular weight is 674 g/mol. The fourth-order valence-electron chi connectivity index (χ4n) is 8.17. The zero-order valence-corrected chi connectivity index (χ0v) is 30.3. The number of fused-ring (bicyclic) bond motifs is 1. The van der Waals surface area contributed by atoms with E-state index in [2.05, 4.69) is 159 Å². The Labute approximate surface area is 298 Å². The first kappa shape index (κ1) is 32.6. The Hall–Kier alpha value is -4.55. The summed E-state index contributed by atoms with van der Waals surface area (Å²) in [6.07, 6.45) is 5.03. The van der Waals surface area contributed by atoms with Crippen LogP contribution in [0, 0.1) is 0 Å². The van der Waals surface area contributed by atoms with E-state index in [9.17, 15) is 0 Å². The molecule has 8 rings (SSSR count). The Morgan fingerprint density at radius 1 is 0.720 bits per heavy atom. The summed E-state index contributed by atoms with van der Waals surface area (Å²) in [6, 6.07) is 49.6. The van der Waals surface area contributed by atoms with E-state index < -0.39 is 14.8 Å². The summed E-state index contributed by atoms with van der Waals surface area (Å²) in [5, 5.41) is 2.51. The van der Waals surface area contributed by atoms with Gasteiger partial charge in [0.15, 0.2) is 5.76 Å². The SMILES string of the molecule is CC(C)(C)c1cccc2c1CCC[C@@]2(O[Si](c1ccccc1)c1ccccc1)N1CCC[C@H]1c1nc(-c2ccccc2)c(-c2ccccc2)o1. The lowest BCUT2D eigenvalue weighted by atomic mass is 9.75. The van der Waals surface area contributed by atoms with Gasteiger partial charge in [-0.2, -0.15) is 0 Å². The van der Waals surface area contributed by atoms with Gasteiger partial charge in [-0.25, -0.2) is 4.98 Å². The van der Waals surface area contributed by atoms with E-state index in [1.54, 1.807) is 0 Å². The summed E-state index contributed by atoms with van der Waals surface area (Å²) in [6.45, 7) is 7.92. The van der Waals surface area contributed by atoms with E-state index in [1.165, 1.54) is 27.1 Å². The van der Waals surface area contributed by atoms with Crippen LogP contribution in [0.1, 0.15) is 75.1 Å². The van der Waals surface area contributed by atoms with E-state index >= 15 is 0 Å². The quantitative estimate of drug-likeness (QED) is 0.151. The summed E-state index contributed by atoms with van der Waals surface area (Å²) < 4.78 is 14.9. The second-order valence-corrected chi connectivity index (χ2v) is 16.7. The fourth-order valence-corrected chi connectivity index (χ4v) is 10.4. The molecule has 4 nitrogen and oxygen atoms in total. The molecule has 5 heteroatoms. The van der Waals surface area contributed by atoms with Gasteiger partial charge in [-0.1, -0.05) is 160 Å². The maximum atomic E-state index is 7.95. The van der Waals surface area contributed by atoms with Crippen molar-refractivity contribution in [2.24, 2.45) is 0 Å². The van der Waals surface area contributed by atoms with Crippen LogP contribution in [0.3, 0.4) is 0 Å². The number of oxazole rings is 1. The molecular weight excluding hydrogens is 629 g/mol. The summed E-state index contributed by atoms with van der Waals surface area (Å²) >= 11 is 0. The standard InChI is InChI=1S/C45H45N2O2Si/c1-44(2,3)38-28-16-29-39-37(38)27-17-31-45(39,49-50(35-23-12-6-13-24-35)36-25-14-7-15-26-36)47-32-18-30-40(47)43-46-41(33-19-8-4-9-20-33)42(48-43)34-21-10-5-11-22-34/h4-16,19-26,28-29,40H,17-18,27,30-32H2,1-3H3/t40-,45-/m0/s1. The molecule has 0 N–H and O–H groups in total.